The molecule has 0 N–H and O–H groups in total. The van der Waals surface area contributed by atoms with Gasteiger partial charge in [0.15, 0.2) is 0 Å². The second-order valence-electron chi connectivity index (χ2n) is 4.68. The standard InChI is InChI=1S/C14H15N3O3/c1-4-5-17-7-15-11-10-8(2)6-9(19-3)16-13(10)20-12(11)14(17)18/h6-7H,4-5H2,1-3H3. The lowest BCUT2D eigenvalue weighted by atomic mass is 10.2. The minimum absolute atomic E-state index is 0.173. The predicted octanol–water partition coefficient (Wildman–Crippen LogP) is 2.26. The maximum absolute atomic E-state index is 12.3. The van der Waals surface area contributed by atoms with Gasteiger partial charge in [-0.2, -0.15) is 4.98 Å². The SMILES string of the molecule is CCCn1cnc2c(oc3nc(OC)cc(C)c32)c1=O. The minimum Gasteiger partial charge on any atom is -0.481 e. The number of ether oxygens (including phenoxy) is 1. The number of hydrogen-bond donors (Lipinski definition) is 0. The first kappa shape index (κ1) is 12.7. The average Bonchev–Trinajstić information content (AvgIpc) is 2.81. The van der Waals surface area contributed by atoms with Crippen LogP contribution in [0.1, 0.15) is 18.9 Å². The number of hydrogen-bond acceptors (Lipinski definition) is 5. The molecule has 3 heterocycles. The first-order chi connectivity index (χ1) is 9.65. The Kier molecular flexibility index (Phi) is 2.93. The zero-order valence-electron chi connectivity index (χ0n) is 11.6. The Hall–Kier alpha value is -2.37. The van der Waals surface area contributed by atoms with Gasteiger partial charge in [-0.3, -0.25) is 9.36 Å². The summed E-state index contributed by atoms with van der Waals surface area (Å²) in [6, 6.07) is 1.80. The van der Waals surface area contributed by atoms with E-state index in [-0.39, 0.29) is 11.1 Å². The fourth-order valence-electron chi connectivity index (χ4n) is 2.32. The molecule has 3 aromatic rings. The quantitative estimate of drug-likeness (QED) is 0.732. The molecule has 0 saturated carbocycles. The van der Waals surface area contributed by atoms with Crippen LogP contribution in [-0.2, 0) is 6.54 Å². The molecule has 0 spiro atoms. The lowest BCUT2D eigenvalue weighted by molar-refractivity contribution is 0.397. The Morgan fingerprint density at radius 3 is 2.95 bits per heavy atom. The molecular formula is C14H15N3O3. The van der Waals surface area contributed by atoms with Crippen molar-refractivity contribution in [2.24, 2.45) is 0 Å². The molecule has 0 fully saturated rings. The molecule has 3 aromatic heterocycles. The largest absolute Gasteiger partial charge is 0.481 e. The van der Waals surface area contributed by atoms with Gasteiger partial charge < -0.3 is 9.15 Å². The first-order valence-electron chi connectivity index (χ1n) is 6.49. The van der Waals surface area contributed by atoms with Crippen molar-refractivity contribution in [2.45, 2.75) is 26.8 Å². The van der Waals surface area contributed by atoms with Crippen LogP contribution in [-0.4, -0.2) is 21.6 Å². The summed E-state index contributed by atoms with van der Waals surface area (Å²) in [7, 11) is 1.54. The van der Waals surface area contributed by atoms with Gasteiger partial charge >= 0.3 is 0 Å². The topological polar surface area (TPSA) is 70.2 Å². The molecule has 0 bridgehead atoms. The molecule has 0 amide bonds. The van der Waals surface area contributed by atoms with E-state index in [1.54, 1.807) is 24.1 Å². The molecule has 6 nitrogen and oxygen atoms in total. The van der Waals surface area contributed by atoms with Gasteiger partial charge in [-0.15, -0.1) is 0 Å². The Bertz CT molecular complexity index is 848. The van der Waals surface area contributed by atoms with E-state index in [0.717, 1.165) is 17.4 Å². The van der Waals surface area contributed by atoms with Crippen molar-refractivity contribution in [3.05, 3.63) is 28.3 Å². The van der Waals surface area contributed by atoms with Crippen molar-refractivity contribution in [2.75, 3.05) is 7.11 Å². The summed E-state index contributed by atoms with van der Waals surface area (Å²) in [4.78, 5) is 20.9. The van der Waals surface area contributed by atoms with E-state index in [4.69, 9.17) is 9.15 Å². The average molecular weight is 273 g/mol. The van der Waals surface area contributed by atoms with Crippen molar-refractivity contribution >= 4 is 22.2 Å². The Morgan fingerprint density at radius 2 is 2.25 bits per heavy atom. The number of aryl methyl sites for hydroxylation is 2. The maximum atomic E-state index is 12.3. The second kappa shape index (κ2) is 4.63. The predicted molar refractivity (Wildman–Crippen MR) is 75.2 cm³/mol. The molecule has 0 radical (unpaired) electrons. The van der Waals surface area contributed by atoms with E-state index < -0.39 is 0 Å². The van der Waals surface area contributed by atoms with Crippen LogP contribution in [0.5, 0.6) is 5.88 Å². The zero-order valence-corrected chi connectivity index (χ0v) is 11.6. The molecule has 104 valence electrons. The Morgan fingerprint density at radius 1 is 1.45 bits per heavy atom. The first-order valence-corrected chi connectivity index (χ1v) is 6.49. The highest BCUT2D eigenvalue weighted by Gasteiger charge is 2.17. The molecule has 0 aliphatic heterocycles. The third kappa shape index (κ3) is 1.76. The van der Waals surface area contributed by atoms with Gasteiger partial charge in [0, 0.05) is 12.6 Å². The second-order valence-corrected chi connectivity index (χ2v) is 4.68. The number of pyridine rings is 1. The van der Waals surface area contributed by atoms with Gasteiger partial charge in [0.05, 0.1) is 18.8 Å². The van der Waals surface area contributed by atoms with Crippen molar-refractivity contribution in [3.8, 4) is 5.88 Å². The van der Waals surface area contributed by atoms with E-state index in [1.807, 2.05) is 13.8 Å². The maximum Gasteiger partial charge on any atom is 0.297 e. The van der Waals surface area contributed by atoms with Crippen molar-refractivity contribution in [3.63, 3.8) is 0 Å². The highest BCUT2D eigenvalue weighted by molar-refractivity contribution is 6.02. The van der Waals surface area contributed by atoms with Crippen molar-refractivity contribution < 1.29 is 9.15 Å². The number of nitrogens with zero attached hydrogens (tertiary/aromatic N) is 3. The van der Waals surface area contributed by atoms with Crippen LogP contribution in [0.15, 0.2) is 21.6 Å². The normalized spacial score (nSPS) is 11.3. The summed E-state index contributed by atoms with van der Waals surface area (Å²) in [5.74, 6) is 0.461. The number of furan rings is 1. The molecule has 0 aromatic carbocycles. The van der Waals surface area contributed by atoms with Gasteiger partial charge in [-0.05, 0) is 18.9 Å². The number of fused-ring (bicyclic) bond motifs is 3. The lowest BCUT2D eigenvalue weighted by Crippen LogP contribution is -2.19. The highest BCUT2D eigenvalue weighted by Crippen LogP contribution is 2.28. The van der Waals surface area contributed by atoms with E-state index in [0.29, 0.717) is 23.7 Å². The summed E-state index contributed by atoms with van der Waals surface area (Å²) < 4.78 is 12.3. The summed E-state index contributed by atoms with van der Waals surface area (Å²) >= 11 is 0. The summed E-state index contributed by atoms with van der Waals surface area (Å²) in [6.07, 6.45) is 2.42. The lowest BCUT2D eigenvalue weighted by Gasteiger charge is -2.01. The zero-order chi connectivity index (χ0) is 14.3. The summed E-state index contributed by atoms with van der Waals surface area (Å²) in [5.41, 5.74) is 1.94. The van der Waals surface area contributed by atoms with Crippen LogP contribution in [0, 0.1) is 6.92 Å². The molecule has 0 aliphatic carbocycles. The third-order valence-corrected chi connectivity index (χ3v) is 3.27. The van der Waals surface area contributed by atoms with Gasteiger partial charge in [-0.25, -0.2) is 4.98 Å². The monoisotopic (exact) mass is 273 g/mol. The summed E-state index contributed by atoms with van der Waals surface area (Å²) in [6.45, 7) is 4.54. The summed E-state index contributed by atoms with van der Waals surface area (Å²) in [5, 5.41) is 0.765. The van der Waals surface area contributed by atoms with Crippen LogP contribution in [0.3, 0.4) is 0 Å². The van der Waals surface area contributed by atoms with Crippen LogP contribution < -0.4 is 10.3 Å². The van der Waals surface area contributed by atoms with Gasteiger partial charge in [0.1, 0.15) is 5.52 Å². The van der Waals surface area contributed by atoms with E-state index >= 15 is 0 Å². The number of methoxy groups -OCH3 is 1. The number of rotatable bonds is 3. The van der Waals surface area contributed by atoms with E-state index in [9.17, 15) is 4.79 Å². The molecule has 3 rings (SSSR count). The minimum atomic E-state index is -0.173. The third-order valence-electron chi connectivity index (χ3n) is 3.27. The van der Waals surface area contributed by atoms with Gasteiger partial charge in [0.2, 0.25) is 17.2 Å². The molecule has 6 heteroatoms. The van der Waals surface area contributed by atoms with Crippen LogP contribution in [0.4, 0.5) is 0 Å². The Balaban J connectivity index is 2.39. The molecule has 0 atom stereocenters. The van der Waals surface area contributed by atoms with Crippen LogP contribution >= 0.6 is 0 Å². The van der Waals surface area contributed by atoms with Gasteiger partial charge in [0.25, 0.3) is 5.56 Å². The molecule has 20 heavy (non-hydrogen) atoms. The van der Waals surface area contributed by atoms with E-state index in [1.165, 1.54) is 0 Å². The number of aromatic nitrogens is 3. The van der Waals surface area contributed by atoms with Crippen molar-refractivity contribution in [1.82, 2.24) is 14.5 Å². The highest BCUT2D eigenvalue weighted by atomic mass is 16.5. The van der Waals surface area contributed by atoms with Gasteiger partial charge in [-0.1, -0.05) is 6.92 Å². The molecular weight excluding hydrogens is 258 g/mol. The van der Waals surface area contributed by atoms with E-state index in [2.05, 4.69) is 9.97 Å². The molecule has 0 aliphatic rings. The van der Waals surface area contributed by atoms with Crippen LogP contribution in [0.2, 0.25) is 0 Å². The fraction of sp³-hybridized carbons (Fsp3) is 0.357. The van der Waals surface area contributed by atoms with Crippen LogP contribution in [0.25, 0.3) is 22.2 Å². The molecule has 0 unspecified atom stereocenters. The van der Waals surface area contributed by atoms with Crippen molar-refractivity contribution in [1.29, 1.82) is 0 Å². The molecule has 0 saturated heterocycles. The smallest absolute Gasteiger partial charge is 0.297 e. The Labute approximate surface area is 115 Å². The fourth-order valence-corrected chi connectivity index (χ4v) is 2.32.